The van der Waals surface area contributed by atoms with Gasteiger partial charge in [-0.2, -0.15) is 0 Å². The highest BCUT2D eigenvalue weighted by Gasteiger charge is 2.20. The Bertz CT molecular complexity index is 436. The van der Waals surface area contributed by atoms with E-state index >= 15 is 0 Å². The fourth-order valence-corrected chi connectivity index (χ4v) is 2.53. The molecule has 1 fully saturated rings. The maximum atomic E-state index is 9.69. The van der Waals surface area contributed by atoms with E-state index in [0.717, 1.165) is 29.5 Å². The number of benzene rings is 1. The maximum Gasteiger partial charge on any atom is 0.124 e. The molecule has 1 aliphatic rings. The van der Waals surface area contributed by atoms with Gasteiger partial charge in [-0.1, -0.05) is 15.9 Å². The number of nitrogens with two attached hydrogens (primary N) is 1. The van der Waals surface area contributed by atoms with Gasteiger partial charge in [-0.15, -0.1) is 0 Å². The summed E-state index contributed by atoms with van der Waals surface area (Å²) in [5, 5.41) is 17.3. The van der Waals surface area contributed by atoms with E-state index < -0.39 is 0 Å². The highest BCUT2D eigenvalue weighted by Crippen LogP contribution is 2.26. The van der Waals surface area contributed by atoms with Gasteiger partial charge in [0, 0.05) is 28.8 Å². The Hall–Kier alpha value is -1.07. The summed E-state index contributed by atoms with van der Waals surface area (Å²) in [7, 11) is 0. The number of halogens is 1. The second kappa shape index (κ2) is 5.06. The number of β-amino-alcohol motifs (C(OH)–C–C–N with tert-alkyl or cyclic N) is 1. The molecule has 1 saturated heterocycles. The maximum absolute atomic E-state index is 9.69. The molecule has 4 N–H and O–H groups in total. The van der Waals surface area contributed by atoms with Gasteiger partial charge < -0.3 is 15.7 Å². The topological polar surface area (TPSA) is 73.3 Å². The molecule has 0 amide bonds. The first-order chi connectivity index (χ1) is 8.08. The molecular formula is C12H16BrN3O. The standard InChI is InChI=1S/C12H16BrN3O/c13-8-3-4-11(10(6-8)12(14)15)16-5-1-2-9(17)7-16/h3-4,6,9,17H,1-2,5,7H2,(H3,14,15). The number of piperidine rings is 1. The molecular weight excluding hydrogens is 282 g/mol. The van der Waals surface area contributed by atoms with Crippen LogP contribution in [-0.2, 0) is 0 Å². The van der Waals surface area contributed by atoms with Crippen molar-refractivity contribution in [3.63, 3.8) is 0 Å². The van der Waals surface area contributed by atoms with Crippen molar-refractivity contribution in [1.82, 2.24) is 0 Å². The summed E-state index contributed by atoms with van der Waals surface area (Å²) in [5.74, 6) is 0.0568. The minimum Gasteiger partial charge on any atom is -0.391 e. The number of nitrogen functional groups attached to an aromatic ring is 1. The van der Waals surface area contributed by atoms with Crippen molar-refractivity contribution in [3.05, 3.63) is 28.2 Å². The fourth-order valence-electron chi connectivity index (χ4n) is 2.17. The Morgan fingerprint density at radius 1 is 1.53 bits per heavy atom. The highest BCUT2D eigenvalue weighted by molar-refractivity contribution is 9.10. The Kier molecular flexibility index (Phi) is 3.69. The van der Waals surface area contributed by atoms with E-state index in [0.29, 0.717) is 12.1 Å². The van der Waals surface area contributed by atoms with Crippen molar-refractivity contribution in [1.29, 1.82) is 5.41 Å². The van der Waals surface area contributed by atoms with Gasteiger partial charge >= 0.3 is 0 Å². The van der Waals surface area contributed by atoms with Crippen molar-refractivity contribution in [3.8, 4) is 0 Å². The van der Waals surface area contributed by atoms with Crippen molar-refractivity contribution >= 4 is 27.5 Å². The predicted octanol–water partition coefficient (Wildman–Crippen LogP) is 1.69. The molecule has 4 nitrogen and oxygen atoms in total. The molecule has 0 bridgehead atoms. The van der Waals surface area contributed by atoms with Gasteiger partial charge in [0.05, 0.1) is 6.10 Å². The molecule has 2 rings (SSSR count). The molecule has 0 saturated carbocycles. The van der Waals surface area contributed by atoms with E-state index in [1.165, 1.54) is 0 Å². The van der Waals surface area contributed by atoms with Gasteiger partial charge in [0.2, 0.25) is 0 Å². The van der Waals surface area contributed by atoms with E-state index in [-0.39, 0.29) is 11.9 Å². The van der Waals surface area contributed by atoms with Crippen LogP contribution in [0.3, 0.4) is 0 Å². The van der Waals surface area contributed by atoms with Crippen LogP contribution in [0.1, 0.15) is 18.4 Å². The van der Waals surface area contributed by atoms with Crippen molar-refractivity contribution < 1.29 is 5.11 Å². The zero-order chi connectivity index (χ0) is 12.4. The van der Waals surface area contributed by atoms with Crippen molar-refractivity contribution in [2.24, 2.45) is 5.73 Å². The van der Waals surface area contributed by atoms with Gasteiger partial charge in [-0.05, 0) is 31.0 Å². The smallest absolute Gasteiger partial charge is 0.124 e. The molecule has 5 heteroatoms. The van der Waals surface area contributed by atoms with E-state index in [2.05, 4.69) is 20.8 Å². The monoisotopic (exact) mass is 297 g/mol. The van der Waals surface area contributed by atoms with E-state index in [1.54, 1.807) is 0 Å². The van der Waals surface area contributed by atoms with Gasteiger partial charge in [-0.3, -0.25) is 5.41 Å². The largest absolute Gasteiger partial charge is 0.391 e. The molecule has 92 valence electrons. The molecule has 0 spiro atoms. The zero-order valence-electron chi connectivity index (χ0n) is 9.49. The fraction of sp³-hybridized carbons (Fsp3) is 0.417. The Labute approximate surface area is 109 Å². The van der Waals surface area contributed by atoms with Crippen LogP contribution in [0.15, 0.2) is 22.7 Å². The normalized spacial score (nSPS) is 20.4. The molecule has 0 aliphatic carbocycles. The average Bonchev–Trinajstić information content (AvgIpc) is 2.28. The molecule has 17 heavy (non-hydrogen) atoms. The number of aliphatic hydroxyl groups excluding tert-OH is 1. The Morgan fingerprint density at radius 3 is 2.94 bits per heavy atom. The summed E-state index contributed by atoms with van der Waals surface area (Å²) in [6, 6.07) is 5.72. The van der Waals surface area contributed by atoms with Crippen LogP contribution in [0.4, 0.5) is 5.69 Å². The van der Waals surface area contributed by atoms with Crippen LogP contribution in [0.2, 0.25) is 0 Å². The number of amidine groups is 1. The molecule has 1 unspecified atom stereocenters. The molecule has 1 aromatic rings. The predicted molar refractivity (Wildman–Crippen MR) is 72.6 cm³/mol. The summed E-state index contributed by atoms with van der Waals surface area (Å²) < 4.78 is 0.906. The number of aliphatic hydroxyl groups is 1. The van der Waals surface area contributed by atoms with Crippen LogP contribution < -0.4 is 10.6 Å². The number of anilines is 1. The first-order valence-electron chi connectivity index (χ1n) is 5.65. The van der Waals surface area contributed by atoms with E-state index in [4.69, 9.17) is 11.1 Å². The lowest BCUT2D eigenvalue weighted by Gasteiger charge is -2.33. The summed E-state index contributed by atoms with van der Waals surface area (Å²) in [6.45, 7) is 1.51. The minimum atomic E-state index is -0.285. The molecule has 0 aromatic heterocycles. The van der Waals surface area contributed by atoms with Gasteiger partial charge in [-0.25, -0.2) is 0 Å². The van der Waals surface area contributed by atoms with Crippen LogP contribution in [0.25, 0.3) is 0 Å². The van der Waals surface area contributed by atoms with E-state index in [1.807, 2.05) is 18.2 Å². The number of rotatable bonds is 2. The summed E-state index contributed by atoms with van der Waals surface area (Å²) in [4.78, 5) is 2.09. The summed E-state index contributed by atoms with van der Waals surface area (Å²) in [6.07, 6.45) is 1.53. The SMILES string of the molecule is N=C(N)c1cc(Br)ccc1N1CCCC(O)C1. The molecule has 1 heterocycles. The lowest BCUT2D eigenvalue weighted by atomic mass is 10.0. The van der Waals surface area contributed by atoms with Gasteiger partial charge in [0.1, 0.15) is 5.84 Å². The second-order valence-electron chi connectivity index (χ2n) is 4.32. The summed E-state index contributed by atoms with van der Waals surface area (Å²) in [5.41, 5.74) is 7.24. The van der Waals surface area contributed by atoms with Gasteiger partial charge in [0.25, 0.3) is 0 Å². The van der Waals surface area contributed by atoms with E-state index in [9.17, 15) is 5.11 Å². The first-order valence-corrected chi connectivity index (χ1v) is 6.44. The lowest BCUT2D eigenvalue weighted by Crippen LogP contribution is -2.39. The number of nitrogens with one attached hydrogen (secondary N) is 1. The number of hydrogen-bond acceptors (Lipinski definition) is 3. The molecule has 1 atom stereocenters. The molecule has 1 aromatic carbocycles. The summed E-state index contributed by atoms with van der Waals surface area (Å²) >= 11 is 3.38. The second-order valence-corrected chi connectivity index (χ2v) is 5.23. The van der Waals surface area contributed by atoms with Crippen LogP contribution in [-0.4, -0.2) is 30.1 Å². The molecule has 1 aliphatic heterocycles. The quantitative estimate of drug-likeness (QED) is 0.574. The first kappa shape index (κ1) is 12.4. The van der Waals surface area contributed by atoms with Gasteiger partial charge in [0.15, 0.2) is 0 Å². The van der Waals surface area contributed by atoms with Crippen molar-refractivity contribution in [2.75, 3.05) is 18.0 Å². The van der Waals surface area contributed by atoms with Crippen LogP contribution in [0, 0.1) is 5.41 Å². The van der Waals surface area contributed by atoms with Crippen LogP contribution in [0.5, 0.6) is 0 Å². The number of nitrogens with zero attached hydrogens (tertiary/aromatic N) is 1. The third kappa shape index (κ3) is 2.79. The highest BCUT2D eigenvalue weighted by atomic mass is 79.9. The Balaban J connectivity index is 2.33. The zero-order valence-corrected chi connectivity index (χ0v) is 11.1. The Morgan fingerprint density at radius 2 is 2.29 bits per heavy atom. The lowest BCUT2D eigenvalue weighted by molar-refractivity contribution is 0.154. The minimum absolute atomic E-state index is 0.0568. The third-order valence-corrected chi connectivity index (χ3v) is 3.48. The van der Waals surface area contributed by atoms with Crippen molar-refractivity contribution in [2.45, 2.75) is 18.9 Å². The van der Waals surface area contributed by atoms with Crippen LogP contribution >= 0.6 is 15.9 Å². The molecule has 0 radical (unpaired) electrons. The number of hydrogen-bond donors (Lipinski definition) is 3. The average molecular weight is 298 g/mol. The third-order valence-electron chi connectivity index (χ3n) is 2.99.